The number of methoxy groups -OCH3 is 3. The van der Waals surface area contributed by atoms with Gasteiger partial charge in [0.05, 0.1) is 21.3 Å². The van der Waals surface area contributed by atoms with Crippen LogP contribution in [0.25, 0.3) is 6.08 Å². The van der Waals surface area contributed by atoms with Crippen molar-refractivity contribution in [2.75, 3.05) is 21.3 Å². The molecule has 0 amide bonds. The fraction of sp³-hybridized carbons (Fsp3) is 0.312. The SMILES string of the molecule is CCC(/C=C(\OC)C(=O)OC)=C\c1ccc(OC)cc1. The maximum absolute atomic E-state index is 11.5. The molecule has 0 atom stereocenters. The van der Waals surface area contributed by atoms with E-state index in [1.165, 1.54) is 14.2 Å². The van der Waals surface area contributed by atoms with Crippen molar-refractivity contribution >= 4 is 12.0 Å². The van der Waals surface area contributed by atoms with Gasteiger partial charge in [0.1, 0.15) is 5.75 Å². The summed E-state index contributed by atoms with van der Waals surface area (Å²) in [5, 5.41) is 0. The van der Waals surface area contributed by atoms with Crippen LogP contribution in [-0.2, 0) is 14.3 Å². The molecule has 0 aliphatic carbocycles. The van der Waals surface area contributed by atoms with E-state index >= 15 is 0 Å². The summed E-state index contributed by atoms with van der Waals surface area (Å²) in [6.45, 7) is 2.01. The van der Waals surface area contributed by atoms with Crippen LogP contribution in [0, 0.1) is 0 Å². The van der Waals surface area contributed by atoms with Gasteiger partial charge in [-0.2, -0.15) is 0 Å². The minimum absolute atomic E-state index is 0.189. The lowest BCUT2D eigenvalue weighted by Crippen LogP contribution is -2.06. The Kier molecular flexibility index (Phi) is 6.37. The molecular weight excluding hydrogens is 256 g/mol. The fourth-order valence-electron chi connectivity index (χ4n) is 1.63. The van der Waals surface area contributed by atoms with Gasteiger partial charge in [-0.15, -0.1) is 0 Å². The van der Waals surface area contributed by atoms with Crippen LogP contribution in [-0.4, -0.2) is 27.3 Å². The van der Waals surface area contributed by atoms with Crippen molar-refractivity contribution in [2.24, 2.45) is 0 Å². The number of benzene rings is 1. The number of esters is 1. The average molecular weight is 276 g/mol. The first-order valence-electron chi connectivity index (χ1n) is 6.33. The molecule has 0 saturated carbocycles. The molecule has 0 aliphatic rings. The van der Waals surface area contributed by atoms with Crippen LogP contribution in [0.4, 0.5) is 0 Å². The van der Waals surface area contributed by atoms with Gasteiger partial charge < -0.3 is 14.2 Å². The van der Waals surface area contributed by atoms with Gasteiger partial charge in [0.25, 0.3) is 0 Å². The lowest BCUT2D eigenvalue weighted by molar-refractivity contribution is -0.139. The number of hydrogen-bond acceptors (Lipinski definition) is 4. The van der Waals surface area contributed by atoms with Gasteiger partial charge in [0.2, 0.25) is 5.76 Å². The zero-order valence-corrected chi connectivity index (χ0v) is 12.3. The first-order valence-corrected chi connectivity index (χ1v) is 6.33. The Balaban J connectivity index is 3.01. The zero-order chi connectivity index (χ0) is 15.0. The van der Waals surface area contributed by atoms with Crippen LogP contribution >= 0.6 is 0 Å². The highest BCUT2D eigenvalue weighted by Gasteiger charge is 2.09. The highest BCUT2D eigenvalue weighted by atomic mass is 16.6. The first-order chi connectivity index (χ1) is 9.64. The Hall–Kier alpha value is -2.23. The number of rotatable bonds is 6. The summed E-state index contributed by atoms with van der Waals surface area (Å²) in [5.74, 6) is 0.513. The molecule has 4 nitrogen and oxygen atoms in total. The standard InChI is InChI=1S/C16H20O4/c1-5-12(11-15(19-3)16(17)20-4)10-13-6-8-14(18-2)9-7-13/h6-11H,5H2,1-4H3/b12-10+,15-11-. The third-order valence-corrected chi connectivity index (χ3v) is 2.80. The van der Waals surface area contributed by atoms with Crippen molar-refractivity contribution in [3.8, 4) is 5.75 Å². The molecule has 0 fully saturated rings. The summed E-state index contributed by atoms with van der Waals surface area (Å²) >= 11 is 0. The lowest BCUT2D eigenvalue weighted by atomic mass is 10.1. The molecule has 1 rings (SSSR count). The lowest BCUT2D eigenvalue weighted by Gasteiger charge is -2.05. The molecule has 0 spiro atoms. The number of ether oxygens (including phenoxy) is 3. The minimum atomic E-state index is -0.485. The van der Waals surface area contributed by atoms with Crippen LogP contribution in [0.2, 0.25) is 0 Å². The number of carbonyl (C=O) groups excluding carboxylic acids is 1. The van der Waals surface area contributed by atoms with Crippen molar-refractivity contribution in [3.63, 3.8) is 0 Å². The summed E-state index contributed by atoms with van der Waals surface area (Å²) in [5.41, 5.74) is 2.00. The van der Waals surface area contributed by atoms with Crippen LogP contribution in [0.3, 0.4) is 0 Å². The van der Waals surface area contributed by atoms with E-state index in [4.69, 9.17) is 9.47 Å². The molecule has 0 N–H and O–H groups in total. The van der Waals surface area contributed by atoms with Crippen molar-refractivity contribution in [1.82, 2.24) is 0 Å². The van der Waals surface area contributed by atoms with Gasteiger partial charge >= 0.3 is 5.97 Å². The molecule has 108 valence electrons. The van der Waals surface area contributed by atoms with Crippen LogP contribution in [0.1, 0.15) is 18.9 Å². The zero-order valence-electron chi connectivity index (χ0n) is 12.3. The Bertz CT molecular complexity index is 498. The van der Waals surface area contributed by atoms with E-state index in [0.717, 1.165) is 23.3 Å². The second-order valence-electron chi connectivity index (χ2n) is 4.05. The highest BCUT2D eigenvalue weighted by molar-refractivity contribution is 5.87. The monoisotopic (exact) mass is 276 g/mol. The van der Waals surface area contributed by atoms with Gasteiger partial charge in [0.15, 0.2) is 0 Å². The Labute approximate surface area is 119 Å². The molecule has 0 saturated heterocycles. The van der Waals surface area contributed by atoms with E-state index in [1.54, 1.807) is 13.2 Å². The maximum atomic E-state index is 11.5. The molecule has 0 bridgehead atoms. The van der Waals surface area contributed by atoms with Gasteiger partial charge in [-0.05, 0) is 35.8 Å². The topological polar surface area (TPSA) is 44.8 Å². The summed E-state index contributed by atoms with van der Waals surface area (Å²) in [7, 11) is 4.41. The maximum Gasteiger partial charge on any atom is 0.373 e. The first kappa shape index (κ1) is 15.8. The van der Waals surface area contributed by atoms with Gasteiger partial charge in [-0.3, -0.25) is 0 Å². The summed E-state index contributed by atoms with van der Waals surface area (Å²) in [6, 6.07) is 7.68. The summed E-state index contributed by atoms with van der Waals surface area (Å²) in [6.07, 6.45) is 4.45. The molecule has 0 radical (unpaired) electrons. The molecule has 20 heavy (non-hydrogen) atoms. The number of carbonyl (C=O) groups is 1. The molecule has 0 heterocycles. The number of hydrogen-bond donors (Lipinski definition) is 0. The second kappa shape index (κ2) is 8.04. The summed E-state index contributed by atoms with van der Waals surface area (Å²) < 4.78 is 14.8. The molecular formula is C16H20O4. The van der Waals surface area contributed by atoms with E-state index in [0.29, 0.717) is 0 Å². The van der Waals surface area contributed by atoms with Crippen molar-refractivity contribution < 1.29 is 19.0 Å². The summed E-state index contributed by atoms with van der Waals surface area (Å²) in [4.78, 5) is 11.5. The Morgan fingerprint density at radius 2 is 1.75 bits per heavy atom. The predicted octanol–water partition coefficient (Wildman–Crippen LogP) is 3.19. The van der Waals surface area contributed by atoms with Gasteiger partial charge in [0, 0.05) is 0 Å². The molecule has 0 aromatic heterocycles. The van der Waals surface area contributed by atoms with Crippen molar-refractivity contribution in [3.05, 3.63) is 47.2 Å². The van der Waals surface area contributed by atoms with Crippen LogP contribution < -0.4 is 4.74 Å². The predicted molar refractivity (Wildman–Crippen MR) is 78.4 cm³/mol. The van der Waals surface area contributed by atoms with E-state index in [9.17, 15) is 4.79 Å². The fourth-order valence-corrected chi connectivity index (χ4v) is 1.63. The van der Waals surface area contributed by atoms with Crippen molar-refractivity contribution in [2.45, 2.75) is 13.3 Å². The highest BCUT2D eigenvalue weighted by Crippen LogP contribution is 2.17. The van der Waals surface area contributed by atoms with Crippen LogP contribution in [0.5, 0.6) is 5.75 Å². The quantitative estimate of drug-likeness (QED) is 0.346. The Morgan fingerprint density at radius 1 is 1.10 bits per heavy atom. The second-order valence-corrected chi connectivity index (χ2v) is 4.05. The number of allylic oxidation sites excluding steroid dienone is 2. The average Bonchev–Trinajstić information content (AvgIpc) is 2.51. The Morgan fingerprint density at radius 3 is 2.20 bits per heavy atom. The largest absolute Gasteiger partial charge is 0.497 e. The van der Waals surface area contributed by atoms with Crippen LogP contribution in [0.15, 0.2) is 41.7 Å². The van der Waals surface area contributed by atoms with E-state index < -0.39 is 5.97 Å². The van der Waals surface area contributed by atoms with Crippen molar-refractivity contribution in [1.29, 1.82) is 0 Å². The third kappa shape index (κ3) is 4.46. The van der Waals surface area contributed by atoms with Gasteiger partial charge in [-0.1, -0.05) is 25.1 Å². The van der Waals surface area contributed by atoms with E-state index in [2.05, 4.69) is 4.74 Å². The van der Waals surface area contributed by atoms with Gasteiger partial charge in [-0.25, -0.2) is 4.79 Å². The molecule has 1 aromatic carbocycles. The third-order valence-electron chi connectivity index (χ3n) is 2.80. The normalized spacial score (nSPS) is 12.0. The van der Waals surface area contributed by atoms with E-state index in [1.807, 2.05) is 37.3 Å². The molecule has 4 heteroatoms. The smallest absolute Gasteiger partial charge is 0.373 e. The molecule has 0 unspecified atom stereocenters. The van der Waals surface area contributed by atoms with E-state index in [-0.39, 0.29) is 5.76 Å². The minimum Gasteiger partial charge on any atom is -0.497 e. The molecule has 0 aliphatic heterocycles. The molecule has 1 aromatic rings.